The van der Waals surface area contributed by atoms with Crippen molar-refractivity contribution in [2.45, 2.75) is 276 Å². The van der Waals surface area contributed by atoms with Crippen LogP contribution in [0.4, 0.5) is 4.79 Å². The zero-order valence-electron chi connectivity index (χ0n) is 74.2. The molecule has 4 heterocycles. The number of amides is 1. The number of carboxylic acids is 1. The Bertz CT molecular complexity index is 3740. The van der Waals surface area contributed by atoms with Crippen LogP contribution < -0.4 is 36.1 Å². The molecule has 41 heteroatoms. The summed E-state index contributed by atoms with van der Waals surface area (Å²) in [5.74, 6) is 10.6. The number of aliphatic carboxylic acids is 1. The van der Waals surface area contributed by atoms with Crippen LogP contribution in [0.25, 0.3) is 0 Å². The van der Waals surface area contributed by atoms with Crippen molar-refractivity contribution >= 4 is 116 Å². The normalized spacial score (nSPS) is 28.0. The number of hydroxylamine groups is 1. The number of thioether (sulfide) groups is 1. The molecule has 4 saturated heterocycles. The number of fused-ring (bicyclic) bond motifs is 2. The molecule has 1 amide bonds. The summed E-state index contributed by atoms with van der Waals surface area (Å²) in [7, 11) is 9.70. The van der Waals surface area contributed by atoms with Crippen molar-refractivity contribution in [1.29, 1.82) is 0 Å². The molecule has 712 valence electrons. The van der Waals surface area contributed by atoms with Gasteiger partial charge in [-0.15, -0.1) is 0 Å². The van der Waals surface area contributed by atoms with Gasteiger partial charge < -0.3 is 128 Å². The van der Waals surface area contributed by atoms with Crippen LogP contribution in [0.1, 0.15) is 156 Å². The molecule has 1 aromatic carbocycles. The van der Waals surface area contributed by atoms with E-state index in [0.717, 1.165) is 25.3 Å². The molecule has 6 aliphatic rings. The number of methoxy groups -OCH3 is 5. The monoisotopic (exact) mass is 1980 g/mol. The van der Waals surface area contributed by atoms with E-state index in [1.165, 1.54) is 55.1 Å². The predicted molar refractivity (Wildman–Crippen MR) is 484 cm³/mol. The zero-order chi connectivity index (χ0) is 93.5. The highest BCUT2D eigenvalue weighted by Crippen LogP contribution is 2.50. The van der Waals surface area contributed by atoms with E-state index in [9.17, 15) is 54.3 Å². The third-order valence-corrected chi connectivity index (χ3v) is 26.2. The van der Waals surface area contributed by atoms with E-state index < -0.39 is 143 Å². The molecule has 19 atom stereocenters. The van der Waals surface area contributed by atoms with Gasteiger partial charge in [0, 0.05) is 97.0 Å². The Morgan fingerprint density at radius 1 is 0.736 bits per heavy atom. The molecule has 1 aromatic rings. The lowest BCUT2D eigenvalue weighted by atomic mass is 9.75. The number of likely N-dealkylation sites (N-methyl/N-ethyl adjacent to an activating group) is 1. The van der Waals surface area contributed by atoms with Crippen LogP contribution in [0, 0.1) is 34.2 Å². The summed E-state index contributed by atoms with van der Waals surface area (Å²) in [6.07, 6.45) is -10.6. The van der Waals surface area contributed by atoms with Gasteiger partial charge in [-0.05, 0) is 114 Å². The molecule has 0 radical (unpaired) electrons. The molecule has 7 rings (SSSR count). The van der Waals surface area contributed by atoms with Crippen LogP contribution in [-0.2, 0) is 80.9 Å². The number of nitrogens with two attached hydrogens (primary N) is 1. The highest BCUT2D eigenvalue weighted by Gasteiger charge is 2.52. The van der Waals surface area contributed by atoms with E-state index in [0.29, 0.717) is 80.6 Å². The largest absolute Gasteiger partial charge is 0.492 e. The number of allylic oxidation sites excluding steroid dienone is 3. The smallest absolute Gasteiger partial charge is 0.411 e. The maximum absolute atomic E-state index is 14.5. The average molecular weight is 1980 g/mol. The first-order chi connectivity index (χ1) is 59.1. The van der Waals surface area contributed by atoms with Gasteiger partial charge in [0.15, 0.2) is 47.5 Å². The van der Waals surface area contributed by atoms with E-state index in [1.54, 1.807) is 40.9 Å². The van der Waals surface area contributed by atoms with Gasteiger partial charge >= 0.3 is 12.1 Å². The molecule has 35 nitrogen and oxygen atoms in total. The van der Waals surface area contributed by atoms with Crippen molar-refractivity contribution in [2.75, 3.05) is 120 Å². The van der Waals surface area contributed by atoms with Crippen molar-refractivity contribution < 1.29 is 151 Å². The molecule has 0 spiro atoms. The minimum atomic E-state index is -2.15. The first kappa shape index (κ1) is 113. The molecular formula is C84H133IN4O31S5. The number of aliphatic hydroxyl groups excluding tert-OH is 7. The number of carboxylic acid groups (broad SMARTS) is 1. The number of halogens is 1. The lowest BCUT2D eigenvalue weighted by molar-refractivity contribution is -0.336. The number of ether oxygens (including phenoxy) is 15. The molecule has 6 unspecified atom stereocenters. The second-order valence-electron chi connectivity index (χ2n) is 31.6. The van der Waals surface area contributed by atoms with Gasteiger partial charge in [-0.3, -0.25) is 34.1 Å². The molecule has 125 heavy (non-hydrogen) atoms. The van der Waals surface area contributed by atoms with Gasteiger partial charge in [-0.25, -0.2) is 4.79 Å². The van der Waals surface area contributed by atoms with E-state index in [-0.39, 0.29) is 138 Å². The minimum absolute atomic E-state index is 0.0153. The fourth-order valence-corrected chi connectivity index (χ4v) is 17.6. The number of aliphatic hydroxyl groups is 8. The van der Waals surface area contributed by atoms with Crippen LogP contribution in [0.15, 0.2) is 35.1 Å². The second-order valence-corrected chi connectivity index (χ2v) is 39.3. The summed E-state index contributed by atoms with van der Waals surface area (Å²) in [6.45, 7) is 23.4. The van der Waals surface area contributed by atoms with Crippen LogP contribution in [0.3, 0.4) is 0 Å². The zero-order valence-corrected chi connectivity index (χ0v) is 80.6. The van der Waals surface area contributed by atoms with Crippen LogP contribution in [0.5, 0.6) is 17.2 Å². The van der Waals surface area contributed by atoms with Crippen molar-refractivity contribution in [2.24, 2.45) is 5.73 Å². The Labute approximate surface area is 770 Å². The Morgan fingerprint density at radius 2 is 1.37 bits per heavy atom. The number of alkyl carbamates (subject to hydrolysis) is 1. The average Bonchev–Trinajstić information content (AvgIpc) is 0.752. The van der Waals surface area contributed by atoms with E-state index in [2.05, 4.69) is 65.1 Å². The highest BCUT2D eigenvalue weighted by molar-refractivity contribution is 14.1. The van der Waals surface area contributed by atoms with E-state index in [1.807, 2.05) is 71.1 Å². The Morgan fingerprint density at radius 3 is 1.96 bits per heavy atom. The van der Waals surface area contributed by atoms with Crippen LogP contribution >= 0.6 is 81.2 Å². The number of carbonyl (C=O) groups excluding carboxylic acids is 5. The number of ketones is 3. The number of nitrogens with one attached hydrogen (secondary N) is 3. The van der Waals surface area contributed by atoms with Gasteiger partial charge in [0.1, 0.15) is 49.0 Å². The summed E-state index contributed by atoms with van der Waals surface area (Å²) in [4.78, 5) is 82.1. The number of benzene rings is 1. The standard InChI is InChI=1S/C65H92IN3O24S3.C9H18O3S.C6H12O2S.C4H11NO2/c1-13-67-39-32-86-44(30-43(39)80-8)91-57-52(75)49(69-93-45-29-40(72)59(36(5)87-45)95-60(77)46-33(2)48(66)55(58(83-11)54(46)81-9)92-61-53(76)56(82-10)51(74)35(4)89-61)34(3)88-62(57)90-42-20-16-14-15-17-23-65(79)31-41(73)50(68-63(78)84-12)47(42)38(65)22-28-94-96-64(6,7)24-21-37(71)19-18-26-85-27-25-70;1-9(2,13)4-3-8(11)7-12-6-5-10;1-6(2,9)4-3-5(7)8;5-1-3-7-4-2-6/h14-15,22,34-36,39-40,42-45,49,51-53,56-57,59,61-62,67,69-70,72,74-76,79H,13,18-19,21,24-32H2,1-12H3,(H,68,78);10,13H,3-7H2,1-2H3;9H,3-4H2,1-2H3,(H,7,8);6H,1-5H2/b15-14-,38-22+;;;/t34?,35?,36?,39-,40+,42-,43?,44-,45-,49+,51-,52-,53-,56?,57?,59+,61-,62-,65+;;;/m0.../s1. The third kappa shape index (κ3) is 37.9. The third-order valence-electron chi connectivity index (χ3n) is 19.9. The lowest BCUT2D eigenvalue weighted by Gasteiger charge is -2.46. The first-order valence-electron chi connectivity index (χ1n) is 41.2. The Hall–Kier alpha value is -4.06. The van der Waals surface area contributed by atoms with Gasteiger partial charge in [-0.1, -0.05) is 97.7 Å². The molecular weight excluding hydrogens is 1850 g/mol. The number of hydrogen-bond donors (Lipinski definition) is 15. The minimum Gasteiger partial charge on any atom is -0.492 e. The number of thiol groups is 2. The summed E-state index contributed by atoms with van der Waals surface area (Å²) in [5, 5.41) is 97.0. The maximum Gasteiger partial charge on any atom is 0.411 e. The SMILES string of the molecule is CC(C)(S)CCC(=O)COCCO.CC(C)(S)CCC(=O)O.CCN[C@H]1CO[C@@H](OC2[C@H](O[C@H]3C#C/C=C\C#C[C@@]4(O)CC(=O)C(NC(=O)OC)=C3/C4=C\CSSC(C)(C)CCC(=O)CCCOCCO)OC(C)[C@@H](NO[C@H]3C[C@@H](O)[C@H](SC(=O)c4c(C)c(I)c(O[C@@H]5OC(C)[C@H](O)C(OC)[C@@H]5O)c(OC)c4OC)C(C)O3)[C@@H]2O)CC1OC.NCCOCCO. The molecule has 4 aliphatic heterocycles. The van der Waals surface area contributed by atoms with Gasteiger partial charge in [0.05, 0.1) is 143 Å². The summed E-state index contributed by atoms with van der Waals surface area (Å²) < 4.78 is 87.3. The Balaban J connectivity index is 0.000000959. The van der Waals surface area contributed by atoms with Crippen molar-refractivity contribution in [3.05, 3.63) is 49.8 Å². The fourth-order valence-electron chi connectivity index (χ4n) is 13.2. The molecule has 0 saturated carbocycles. The number of rotatable bonds is 45. The highest BCUT2D eigenvalue weighted by atomic mass is 127. The number of Topliss-reactive ketones (excluding diaryl/α,β-unsaturated/α-hetero) is 3. The Kier molecular flexibility index (Phi) is 52.0. The van der Waals surface area contributed by atoms with Crippen LogP contribution in [0.2, 0.25) is 0 Å². The number of carbonyl (C=O) groups is 6. The van der Waals surface area contributed by atoms with Crippen molar-refractivity contribution in [3.8, 4) is 40.9 Å². The molecule has 4 fully saturated rings. The van der Waals surface area contributed by atoms with Crippen molar-refractivity contribution in [3.63, 3.8) is 0 Å². The van der Waals surface area contributed by atoms with Gasteiger partial charge in [-0.2, -0.15) is 30.7 Å². The maximum atomic E-state index is 14.5. The fraction of sp³-hybridized carbons (Fsp3) is 0.738. The molecule has 0 aromatic heterocycles. The second kappa shape index (κ2) is 57.4. The van der Waals surface area contributed by atoms with E-state index in [4.69, 9.17) is 102 Å². The summed E-state index contributed by atoms with van der Waals surface area (Å²) >= 11 is 11.3. The first-order valence-corrected chi connectivity index (χ1v) is 46.4. The molecule has 2 bridgehead atoms. The summed E-state index contributed by atoms with van der Waals surface area (Å²) in [5.41, 5.74) is 6.09. The van der Waals surface area contributed by atoms with Gasteiger partial charge in [0.2, 0.25) is 17.2 Å². The van der Waals surface area contributed by atoms with Crippen molar-refractivity contribution in [1.82, 2.24) is 16.1 Å². The predicted octanol–water partition coefficient (Wildman–Crippen LogP) is 5.40. The van der Waals surface area contributed by atoms with E-state index >= 15 is 0 Å². The van der Waals surface area contributed by atoms with Gasteiger partial charge in [0.25, 0.3) is 0 Å². The topological polar surface area (TPSA) is 494 Å². The molecule has 14 N–H and O–H groups in total. The quantitative estimate of drug-likeness (QED) is 0.00970. The lowest BCUT2D eigenvalue weighted by Crippen LogP contribution is -2.65. The molecule has 2 aliphatic carbocycles. The summed E-state index contributed by atoms with van der Waals surface area (Å²) in [6, 6.07) is -1.33. The van der Waals surface area contributed by atoms with Crippen LogP contribution in [-0.4, -0.2) is 330 Å². The number of hydrogen-bond acceptors (Lipinski definition) is 38.